The molecule has 17 heteroatoms. The lowest BCUT2D eigenvalue weighted by molar-refractivity contribution is -0.0987. The Morgan fingerprint density at radius 1 is 0.784 bits per heavy atom. The van der Waals surface area contributed by atoms with Gasteiger partial charge in [-0.25, -0.2) is 9.59 Å². The van der Waals surface area contributed by atoms with E-state index >= 15 is 0 Å². The van der Waals surface area contributed by atoms with Crippen LogP contribution in [0.5, 0.6) is 0 Å². The fourth-order valence-corrected chi connectivity index (χ4v) is 4.00. The Kier molecular flexibility index (Phi) is 9.13. The number of rotatable bonds is 4. The molecule has 0 unspecified atom stereocenters. The summed E-state index contributed by atoms with van der Waals surface area (Å²) in [5.41, 5.74) is -6.19. The molecule has 0 bridgehead atoms. The molecule has 37 heavy (non-hydrogen) atoms. The van der Waals surface area contributed by atoms with Gasteiger partial charge in [0.25, 0.3) is 11.1 Å². The fourth-order valence-electron chi connectivity index (χ4n) is 4.00. The van der Waals surface area contributed by atoms with E-state index in [0.717, 1.165) is 33.7 Å². The van der Waals surface area contributed by atoms with E-state index in [0.29, 0.717) is 0 Å². The Bertz CT molecular complexity index is 1200. The van der Waals surface area contributed by atoms with Crippen LogP contribution in [0.3, 0.4) is 0 Å². The van der Waals surface area contributed by atoms with Gasteiger partial charge in [-0.05, 0) is 13.8 Å². The highest BCUT2D eigenvalue weighted by Gasteiger charge is 2.54. The second kappa shape index (κ2) is 11.2. The number of H-pyrrole nitrogens is 2. The van der Waals surface area contributed by atoms with Gasteiger partial charge in [-0.15, -0.1) is 0 Å². The molecule has 2 fully saturated rings. The van der Waals surface area contributed by atoms with Crippen molar-refractivity contribution in [2.75, 3.05) is 13.2 Å². The standard InChI is InChI=1S/2C10H14N2O6.H2O/c2*1-10(17)7(15)5(4-13)18-8(10)12-3-2-6(14)11-9(12)16;/h2*2-3,5,7-8,13,15,17H,4H2,1H3,(H,11,14,16);1H2/t2*5-,7-,8-,10-;/m11./s1. The molecule has 0 radical (unpaired) electrons. The summed E-state index contributed by atoms with van der Waals surface area (Å²) in [4.78, 5) is 49.1. The van der Waals surface area contributed by atoms with Crippen molar-refractivity contribution in [3.05, 3.63) is 66.2 Å². The normalized spacial score (nSPS) is 34.9. The van der Waals surface area contributed by atoms with E-state index in [1.807, 2.05) is 9.97 Å². The van der Waals surface area contributed by atoms with Crippen molar-refractivity contribution in [2.24, 2.45) is 0 Å². The monoisotopic (exact) mass is 534 g/mol. The van der Waals surface area contributed by atoms with E-state index in [1.54, 1.807) is 0 Å². The summed E-state index contributed by atoms with van der Waals surface area (Å²) >= 11 is 0. The second-order valence-corrected chi connectivity index (χ2v) is 8.80. The summed E-state index contributed by atoms with van der Waals surface area (Å²) in [6, 6.07) is 2.19. The van der Waals surface area contributed by atoms with Gasteiger partial charge in [0.1, 0.15) is 35.6 Å². The third-order valence-corrected chi connectivity index (χ3v) is 6.08. The Labute approximate surface area is 206 Å². The van der Waals surface area contributed by atoms with Gasteiger partial charge in [-0.2, -0.15) is 0 Å². The van der Waals surface area contributed by atoms with Crippen LogP contribution >= 0.6 is 0 Å². The van der Waals surface area contributed by atoms with Crippen LogP contribution in [0.15, 0.2) is 43.7 Å². The molecule has 0 amide bonds. The summed E-state index contributed by atoms with van der Waals surface area (Å²) < 4.78 is 12.4. The molecule has 10 N–H and O–H groups in total. The molecule has 8 atom stereocenters. The number of aromatic nitrogens is 4. The summed E-state index contributed by atoms with van der Waals surface area (Å²) in [6.45, 7) is 1.59. The lowest BCUT2D eigenvalue weighted by Gasteiger charge is -2.27. The highest BCUT2D eigenvalue weighted by molar-refractivity contribution is 5.01. The van der Waals surface area contributed by atoms with Gasteiger partial charge in [-0.3, -0.25) is 28.7 Å². The average molecular weight is 534 g/mol. The van der Waals surface area contributed by atoms with Gasteiger partial charge >= 0.3 is 11.4 Å². The maximum absolute atomic E-state index is 11.6. The Morgan fingerprint density at radius 2 is 1.11 bits per heavy atom. The fraction of sp³-hybridized carbons (Fsp3) is 0.600. The van der Waals surface area contributed by atoms with E-state index in [-0.39, 0.29) is 5.48 Å². The van der Waals surface area contributed by atoms with Crippen LogP contribution in [0.4, 0.5) is 0 Å². The van der Waals surface area contributed by atoms with Gasteiger partial charge in [0.15, 0.2) is 12.5 Å². The van der Waals surface area contributed by atoms with Crippen LogP contribution in [0, 0.1) is 0 Å². The number of hydrogen-bond acceptors (Lipinski definition) is 12. The van der Waals surface area contributed by atoms with E-state index in [4.69, 9.17) is 19.7 Å². The first-order valence-electron chi connectivity index (χ1n) is 10.7. The molecular weight excluding hydrogens is 504 g/mol. The molecular formula is C20H30N4O13. The van der Waals surface area contributed by atoms with E-state index in [1.165, 1.54) is 13.8 Å². The highest BCUT2D eigenvalue weighted by atomic mass is 16.6. The number of ether oxygens (including phenoxy) is 2. The molecule has 2 saturated heterocycles. The third kappa shape index (κ3) is 5.64. The highest BCUT2D eigenvalue weighted by Crippen LogP contribution is 2.37. The maximum atomic E-state index is 11.6. The number of aromatic amines is 2. The van der Waals surface area contributed by atoms with E-state index < -0.39 is 83.8 Å². The predicted molar refractivity (Wildman–Crippen MR) is 122 cm³/mol. The second-order valence-electron chi connectivity index (χ2n) is 8.80. The summed E-state index contributed by atoms with van der Waals surface area (Å²) in [5, 5.41) is 57.8. The summed E-state index contributed by atoms with van der Waals surface area (Å²) in [6.07, 6.45) is -4.73. The number of hydrogen-bond donors (Lipinski definition) is 8. The van der Waals surface area contributed by atoms with Crippen molar-refractivity contribution in [1.82, 2.24) is 19.1 Å². The summed E-state index contributed by atoms with van der Waals surface area (Å²) in [7, 11) is 0. The minimum atomic E-state index is -1.75. The largest absolute Gasteiger partial charge is 0.412 e. The molecule has 17 nitrogen and oxygen atoms in total. The topological polar surface area (TPSA) is 281 Å². The van der Waals surface area contributed by atoms with E-state index in [9.17, 15) is 39.6 Å². The van der Waals surface area contributed by atoms with Crippen molar-refractivity contribution in [2.45, 2.75) is 61.9 Å². The number of aliphatic hydroxyl groups excluding tert-OH is 4. The lowest BCUT2D eigenvalue weighted by atomic mass is 9.96. The van der Waals surface area contributed by atoms with Gasteiger partial charge in [0.2, 0.25) is 0 Å². The quantitative estimate of drug-likeness (QED) is 0.182. The van der Waals surface area contributed by atoms with Crippen molar-refractivity contribution >= 4 is 0 Å². The molecule has 2 aromatic rings. The smallest absolute Gasteiger partial charge is 0.330 e. The summed E-state index contributed by atoms with van der Waals surface area (Å²) in [5.74, 6) is 0. The first-order valence-corrected chi connectivity index (χ1v) is 10.7. The molecule has 4 rings (SSSR count). The zero-order valence-electron chi connectivity index (χ0n) is 19.7. The number of nitrogens with zero attached hydrogens (tertiary/aromatic N) is 2. The van der Waals surface area contributed by atoms with Gasteiger partial charge < -0.3 is 45.6 Å². The number of nitrogens with one attached hydrogen (secondary N) is 2. The van der Waals surface area contributed by atoms with Gasteiger partial charge in [-0.1, -0.05) is 0 Å². The average Bonchev–Trinajstić information content (AvgIpc) is 3.17. The van der Waals surface area contributed by atoms with Crippen molar-refractivity contribution < 1.29 is 45.6 Å². The first kappa shape index (κ1) is 30.2. The molecule has 208 valence electrons. The molecule has 0 aliphatic carbocycles. The van der Waals surface area contributed by atoms with Gasteiger partial charge in [0.05, 0.1) is 13.2 Å². The Morgan fingerprint density at radius 3 is 1.35 bits per heavy atom. The van der Waals surface area contributed by atoms with Crippen molar-refractivity contribution in [3.63, 3.8) is 0 Å². The van der Waals surface area contributed by atoms with Crippen LogP contribution in [0.1, 0.15) is 26.3 Å². The minimum absolute atomic E-state index is 0. The SMILES string of the molecule is C[C@@]1(O)[C@H](O)[C@@H](CO)O[C@H]1n1ccc(=O)[nH]c1=O.C[C@@]1(O)[C@H](O)[C@@H](CO)O[C@H]1n1ccc(=O)[nH]c1=O.O. The molecule has 2 aliphatic rings. The zero-order chi connectivity index (χ0) is 27.0. The zero-order valence-corrected chi connectivity index (χ0v) is 19.7. The van der Waals surface area contributed by atoms with Crippen LogP contribution in [-0.4, -0.2) is 104 Å². The molecule has 2 aromatic heterocycles. The van der Waals surface area contributed by atoms with Crippen molar-refractivity contribution in [3.8, 4) is 0 Å². The first-order chi connectivity index (χ1) is 16.7. The maximum Gasteiger partial charge on any atom is 0.330 e. The Balaban J connectivity index is 0.000000253. The van der Waals surface area contributed by atoms with Crippen molar-refractivity contribution in [1.29, 1.82) is 0 Å². The number of aliphatic hydroxyl groups is 6. The van der Waals surface area contributed by atoms with Crippen LogP contribution in [0.2, 0.25) is 0 Å². The molecule has 0 spiro atoms. The molecule has 0 saturated carbocycles. The van der Waals surface area contributed by atoms with Crippen LogP contribution in [0.25, 0.3) is 0 Å². The Hall–Kier alpha value is -3.00. The van der Waals surface area contributed by atoms with E-state index in [2.05, 4.69) is 0 Å². The lowest BCUT2D eigenvalue weighted by Crippen LogP contribution is -2.46. The van der Waals surface area contributed by atoms with Crippen LogP contribution in [-0.2, 0) is 9.47 Å². The van der Waals surface area contributed by atoms with Crippen LogP contribution < -0.4 is 22.5 Å². The molecule has 4 heterocycles. The predicted octanol–water partition coefficient (Wildman–Crippen LogP) is -5.75. The minimum Gasteiger partial charge on any atom is -0.412 e. The van der Waals surface area contributed by atoms with Gasteiger partial charge in [0, 0.05) is 24.5 Å². The molecule has 2 aliphatic heterocycles. The molecule has 0 aromatic carbocycles. The third-order valence-electron chi connectivity index (χ3n) is 6.08.